The first-order valence-corrected chi connectivity index (χ1v) is 11.0. The van der Waals surface area contributed by atoms with Crippen LogP contribution in [0.1, 0.15) is 129 Å². The molecule has 0 aromatic carbocycles. The van der Waals surface area contributed by atoms with Crippen LogP contribution in [0.3, 0.4) is 0 Å². The summed E-state index contributed by atoms with van der Waals surface area (Å²) in [6.07, 6.45) is 25.2. The maximum Gasteiger partial charge on any atom is 0.0980 e. The molecule has 0 spiro atoms. The van der Waals surface area contributed by atoms with Gasteiger partial charge in [0.1, 0.15) is 0 Å². The molecule has 0 amide bonds. The van der Waals surface area contributed by atoms with Crippen LogP contribution in [0.2, 0.25) is 0 Å². The van der Waals surface area contributed by atoms with Gasteiger partial charge in [-0.05, 0) is 25.7 Å². The van der Waals surface area contributed by atoms with E-state index in [9.17, 15) is 0 Å². The van der Waals surface area contributed by atoms with E-state index in [-0.39, 0.29) is 0 Å². The summed E-state index contributed by atoms with van der Waals surface area (Å²) >= 11 is 0. The van der Waals surface area contributed by atoms with Crippen LogP contribution in [0.4, 0.5) is 0 Å². The Labute approximate surface area is 146 Å². The van der Waals surface area contributed by atoms with Gasteiger partial charge in [0.2, 0.25) is 0 Å². The van der Waals surface area contributed by atoms with Crippen LogP contribution in [-0.4, -0.2) is 11.2 Å². The van der Waals surface area contributed by atoms with Crippen LogP contribution >= 0.6 is 0 Å². The van der Waals surface area contributed by atoms with Gasteiger partial charge in [0.15, 0.2) is 0 Å². The van der Waals surface area contributed by atoms with E-state index in [2.05, 4.69) is 13.8 Å². The number of rotatable bonds is 14. The van der Waals surface area contributed by atoms with Gasteiger partial charge < -0.3 is 4.74 Å². The highest BCUT2D eigenvalue weighted by Gasteiger charge is 2.68. The lowest BCUT2D eigenvalue weighted by atomic mass is 9.74. The van der Waals surface area contributed by atoms with E-state index in [0.29, 0.717) is 11.2 Å². The van der Waals surface area contributed by atoms with Gasteiger partial charge in [0, 0.05) is 0 Å². The quantitative estimate of drug-likeness (QED) is 0.237. The Hall–Kier alpha value is -0.0400. The van der Waals surface area contributed by atoms with Crippen LogP contribution < -0.4 is 0 Å². The molecule has 23 heavy (non-hydrogen) atoms. The highest BCUT2D eigenvalue weighted by atomic mass is 16.6. The monoisotopic (exact) mass is 322 g/mol. The lowest BCUT2D eigenvalue weighted by Crippen LogP contribution is -2.30. The van der Waals surface area contributed by atoms with Gasteiger partial charge in [-0.25, -0.2) is 0 Å². The molecule has 2 unspecified atom stereocenters. The number of unbranched alkanes of at least 4 members (excludes halogenated alkanes) is 10. The first-order chi connectivity index (χ1) is 11.3. The minimum atomic E-state index is 0.333. The zero-order chi connectivity index (χ0) is 16.4. The van der Waals surface area contributed by atoms with E-state index in [1.807, 2.05) is 0 Å². The van der Waals surface area contributed by atoms with Gasteiger partial charge in [-0.2, -0.15) is 0 Å². The SMILES string of the molecule is CCCCCCCCC12CCCCC1(CCCCCCCC)O2. The minimum absolute atomic E-state index is 0.333. The standard InChI is InChI=1S/C22H42O/c1-3-5-7-9-11-13-17-21-19-15-16-20-22(21,23-21)18-14-12-10-8-6-4-2/h3-20H2,1-2H3. The van der Waals surface area contributed by atoms with Crippen molar-refractivity contribution in [1.29, 1.82) is 0 Å². The Morgan fingerprint density at radius 3 is 1.39 bits per heavy atom. The first kappa shape index (κ1) is 19.3. The predicted octanol–water partition coefficient (Wildman–Crippen LogP) is 7.57. The fourth-order valence-electron chi connectivity index (χ4n) is 4.92. The number of hydrogen-bond donors (Lipinski definition) is 0. The maximum absolute atomic E-state index is 6.51. The molecule has 1 aliphatic heterocycles. The number of fused-ring (bicyclic) bond motifs is 1. The molecule has 1 saturated carbocycles. The third-order valence-corrected chi connectivity index (χ3v) is 6.46. The molecule has 1 aliphatic carbocycles. The average molecular weight is 323 g/mol. The summed E-state index contributed by atoms with van der Waals surface area (Å²) in [6, 6.07) is 0. The Kier molecular flexibility index (Phi) is 8.44. The van der Waals surface area contributed by atoms with Crippen LogP contribution in [0.25, 0.3) is 0 Å². The van der Waals surface area contributed by atoms with Crippen molar-refractivity contribution < 1.29 is 4.74 Å². The lowest BCUT2D eigenvalue weighted by molar-refractivity contribution is 0.243. The van der Waals surface area contributed by atoms with Gasteiger partial charge in [-0.1, -0.05) is 104 Å². The summed E-state index contributed by atoms with van der Waals surface area (Å²) in [5.74, 6) is 0. The van der Waals surface area contributed by atoms with Crippen molar-refractivity contribution in [2.45, 2.75) is 141 Å². The van der Waals surface area contributed by atoms with E-state index in [1.54, 1.807) is 0 Å². The van der Waals surface area contributed by atoms with Crippen molar-refractivity contribution in [3.05, 3.63) is 0 Å². The van der Waals surface area contributed by atoms with E-state index in [4.69, 9.17) is 4.74 Å². The summed E-state index contributed by atoms with van der Waals surface area (Å²) in [7, 11) is 0. The van der Waals surface area contributed by atoms with E-state index < -0.39 is 0 Å². The van der Waals surface area contributed by atoms with Gasteiger partial charge in [0.05, 0.1) is 11.2 Å². The summed E-state index contributed by atoms with van der Waals surface area (Å²) < 4.78 is 6.51. The Morgan fingerprint density at radius 1 is 0.565 bits per heavy atom. The van der Waals surface area contributed by atoms with Crippen molar-refractivity contribution in [3.8, 4) is 0 Å². The maximum atomic E-state index is 6.51. The molecule has 136 valence electrons. The van der Waals surface area contributed by atoms with Gasteiger partial charge >= 0.3 is 0 Å². The lowest BCUT2D eigenvalue weighted by Gasteiger charge is -2.25. The van der Waals surface area contributed by atoms with Crippen LogP contribution in [0.5, 0.6) is 0 Å². The van der Waals surface area contributed by atoms with Crippen LogP contribution in [0, 0.1) is 0 Å². The molecular weight excluding hydrogens is 280 g/mol. The summed E-state index contributed by atoms with van der Waals surface area (Å²) in [5.41, 5.74) is 0.666. The van der Waals surface area contributed by atoms with E-state index in [1.165, 1.54) is 116 Å². The zero-order valence-corrected chi connectivity index (χ0v) is 16.1. The zero-order valence-electron chi connectivity index (χ0n) is 16.1. The van der Waals surface area contributed by atoms with Crippen LogP contribution in [0.15, 0.2) is 0 Å². The summed E-state index contributed by atoms with van der Waals surface area (Å²) in [5, 5.41) is 0. The van der Waals surface area contributed by atoms with Crippen molar-refractivity contribution in [1.82, 2.24) is 0 Å². The fraction of sp³-hybridized carbons (Fsp3) is 1.00. The molecule has 1 heteroatoms. The second-order valence-corrected chi connectivity index (χ2v) is 8.33. The van der Waals surface area contributed by atoms with Crippen molar-refractivity contribution in [2.24, 2.45) is 0 Å². The normalized spacial score (nSPS) is 29.5. The molecule has 0 radical (unpaired) electrons. The molecule has 2 rings (SSSR count). The second kappa shape index (κ2) is 10.1. The van der Waals surface area contributed by atoms with Crippen LogP contribution in [-0.2, 0) is 4.74 Å². The molecule has 1 nitrogen and oxygen atoms in total. The van der Waals surface area contributed by atoms with Gasteiger partial charge in [-0.15, -0.1) is 0 Å². The summed E-state index contributed by atoms with van der Waals surface area (Å²) in [4.78, 5) is 0. The van der Waals surface area contributed by atoms with Crippen molar-refractivity contribution in [2.75, 3.05) is 0 Å². The molecule has 2 atom stereocenters. The summed E-state index contributed by atoms with van der Waals surface area (Å²) in [6.45, 7) is 4.60. The van der Waals surface area contributed by atoms with E-state index in [0.717, 1.165) is 0 Å². The molecule has 0 aromatic heterocycles. The third kappa shape index (κ3) is 5.48. The van der Waals surface area contributed by atoms with Gasteiger partial charge in [-0.3, -0.25) is 0 Å². The smallest absolute Gasteiger partial charge is 0.0980 e. The fourth-order valence-corrected chi connectivity index (χ4v) is 4.92. The predicted molar refractivity (Wildman–Crippen MR) is 101 cm³/mol. The highest BCUT2D eigenvalue weighted by Crippen LogP contribution is 2.62. The Bertz CT molecular complexity index is 283. The molecule has 0 aromatic rings. The van der Waals surface area contributed by atoms with Gasteiger partial charge in [0.25, 0.3) is 0 Å². The third-order valence-electron chi connectivity index (χ3n) is 6.46. The molecule has 0 N–H and O–H groups in total. The number of epoxide rings is 1. The molecule has 2 aliphatic rings. The largest absolute Gasteiger partial charge is 0.363 e. The molecule has 1 saturated heterocycles. The Morgan fingerprint density at radius 2 is 0.957 bits per heavy atom. The molecule has 0 bridgehead atoms. The molecule has 1 heterocycles. The molecular formula is C22H42O. The number of ether oxygens (including phenoxy) is 1. The average Bonchev–Trinajstić information content (AvgIpc) is 3.23. The number of hydrogen-bond acceptors (Lipinski definition) is 1. The molecule has 2 fully saturated rings. The van der Waals surface area contributed by atoms with E-state index >= 15 is 0 Å². The first-order valence-electron chi connectivity index (χ1n) is 11.0. The highest BCUT2D eigenvalue weighted by molar-refractivity contribution is 5.17. The topological polar surface area (TPSA) is 12.5 Å². The Balaban J connectivity index is 1.62. The van der Waals surface area contributed by atoms with Crippen molar-refractivity contribution in [3.63, 3.8) is 0 Å². The second-order valence-electron chi connectivity index (χ2n) is 8.33. The van der Waals surface area contributed by atoms with Crippen molar-refractivity contribution >= 4 is 0 Å². The minimum Gasteiger partial charge on any atom is -0.363 e.